The average Bonchev–Trinajstić information content (AvgIpc) is 2.69. The summed E-state index contributed by atoms with van der Waals surface area (Å²) in [6.07, 6.45) is 5.56. The molecule has 27 heavy (non-hydrogen) atoms. The first-order valence-electron chi connectivity index (χ1n) is 8.88. The van der Waals surface area contributed by atoms with E-state index in [0.717, 1.165) is 22.5 Å². The smallest absolute Gasteiger partial charge is 0.182 e. The number of hydrogen-bond acceptors (Lipinski definition) is 2. The van der Waals surface area contributed by atoms with Crippen molar-refractivity contribution in [1.29, 1.82) is 0 Å². The van der Waals surface area contributed by atoms with Gasteiger partial charge in [-0.2, -0.15) is 10.1 Å². The molecule has 2 heterocycles. The van der Waals surface area contributed by atoms with Crippen LogP contribution in [0.5, 0.6) is 0 Å². The number of pyridine rings is 1. The highest BCUT2D eigenvalue weighted by Crippen LogP contribution is 2.31. The van der Waals surface area contributed by atoms with Crippen molar-refractivity contribution in [3.05, 3.63) is 102 Å². The Morgan fingerprint density at radius 2 is 1.44 bits per heavy atom. The number of rotatable bonds is 4. The van der Waals surface area contributed by atoms with E-state index in [1.807, 2.05) is 60.9 Å². The summed E-state index contributed by atoms with van der Waals surface area (Å²) in [6.45, 7) is 4.18. The van der Waals surface area contributed by atoms with Crippen molar-refractivity contribution in [2.45, 2.75) is 13.8 Å². The lowest BCUT2D eigenvalue weighted by atomic mass is 10.0. The SMILES string of the molecule is Cc1cc(C)cc(-c2nc(-c3ccccc3)cnc2[N-][n+]2ccccc2)c1. The summed E-state index contributed by atoms with van der Waals surface area (Å²) in [4.78, 5) is 9.56. The van der Waals surface area contributed by atoms with Crippen LogP contribution in [0.25, 0.3) is 27.9 Å². The summed E-state index contributed by atoms with van der Waals surface area (Å²) >= 11 is 0. The molecular formula is C23H20N4. The van der Waals surface area contributed by atoms with Crippen LogP contribution >= 0.6 is 0 Å². The Kier molecular flexibility index (Phi) is 4.62. The third-order valence-corrected chi connectivity index (χ3v) is 4.23. The first-order chi connectivity index (χ1) is 13.2. The second kappa shape index (κ2) is 7.38. The molecule has 0 aliphatic heterocycles. The van der Waals surface area contributed by atoms with Crippen LogP contribution in [0, 0.1) is 13.8 Å². The number of aryl methyl sites for hydroxylation is 2. The fourth-order valence-corrected chi connectivity index (χ4v) is 3.07. The summed E-state index contributed by atoms with van der Waals surface area (Å²) in [5, 5.41) is 0. The Hall–Kier alpha value is -3.53. The quantitative estimate of drug-likeness (QED) is 0.475. The van der Waals surface area contributed by atoms with E-state index >= 15 is 0 Å². The molecule has 0 bridgehead atoms. The molecule has 0 spiro atoms. The second-order valence-electron chi connectivity index (χ2n) is 6.53. The predicted molar refractivity (Wildman–Crippen MR) is 107 cm³/mol. The average molecular weight is 352 g/mol. The fourth-order valence-electron chi connectivity index (χ4n) is 3.07. The lowest BCUT2D eigenvalue weighted by molar-refractivity contribution is -0.619. The Labute approximate surface area is 159 Å². The van der Waals surface area contributed by atoms with E-state index in [1.54, 1.807) is 10.9 Å². The van der Waals surface area contributed by atoms with Crippen molar-refractivity contribution in [3.8, 4) is 22.5 Å². The van der Waals surface area contributed by atoms with E-state index in [-0.39, 0.29) is 0 Å². The van der Waals surface area contributed by atoms with Gasteiger partial charge in [0.05, 0.1) is 11.4 Å². The topological polar surface area (TPSA) is 43.8 Å². The Balaban J connectivity index is 1.85. The van der Waals surface area contributed by atoms with Crippen LogP contribution in [-0.4, -0.2) is 9.97 Å². The zero-order valence-electron chi connectivity index (χ0n) is 15.4. The van der Waals surface area contributed by atoms with Gasteiger partial charge >= 0.3 is 0 Å². The molecule has 4 aromatic rings. The van der Waals surface area contributed by atoms with Crippen molar-refractivity contribution in [1.82, 2.24) is 9.97 Å². The van der Waals surface area contributed by atoms with E-state index in [2.05, 4.69) is 42.5 Å². The molecule has 0 saturated heterocycles. The number of benzene rings is 2. The van der Waals surface area contributed by atoms with Crippen LogP contribution in [-0.2, 0) is 0 Å². The van der Waals surface area contributed by atoms with E-state index in [1.165, 1.54) is 11.1 Å². The molecule has 2 aromatic carbocycles. The zero-order chi connectivity index (χ0) is 18.6. The van der Waals surface area contributed by atoms with E-state index in [0.29, 0.717) is 5.82 Å². The van der Waals surface area contributed by atoms with Crippen molar-refractivity contribution in [2.75, 3.05) is 0 Å². The molecule has 132 valence electrons. The number of nitrogens with zero attached hydrogens (tertiary/aromatic N) is 4. The van der Waals surface area contributed by atoms with Crippen molar-refractivity contribution < 1.29 is 4.68 Å². The molecule has 0 radical (unpaired) electrons. The summed E-state index contributed by atoms with van der Waals surface area (Å²) < 4.78 is 1.75. The maximum atomic E-state index is 4.92. The van der Waals surface area contributed by atoms with Gasteiger partial charge in [0.15, 0.2) is 12.4 Å². The summed E-state index contributed by atoms with van der Waals surface area (Å²) in [5.41, 5.74) is 10.7. The van der Waals surface area contributed by atoms with Crippen molar-refractivity contribution in [2.24, 2.45) is 0 Å². The Morgan fingerprint density at radius 1 is 0.778 bits per heavy atom. The largest absolute Gasteiger partial charge is 0.435 e. The summed E-state index contributed by atoms with van der Waals surface area (Å²) in [7, 11) is 0. The van der Waals surface area contributed by atoms with Gasteiger partial charge in [-0.3, -0.25) is 0 Å². The van der Waals surface area contributed by atoms with Crippen LogP contribution in [0.15, 0.2) is 85.3 Å². The number of hydrogen-bond donors (Lipinski definition) is 0. The highest BCUT2D eigenvalue weighted by molar-refractivity contribution is 5.75. The molecule has 4 nitrogen and oxygen atoms in total. The highest BCUT2D eigenvalue weighted by Gasteiger charge is 2.09. The van der Waals surface area contributed by atoms with Crippen molar-refractivity contribution in [3.63, 3.8) is 0 Å². The van der Waals surface area contributed by atoms with E-state index in [4.69, 9.17) is 4.98 Å². The minimum atomic E-state index is 0.593. The molecule has 4 rings (SSSR count). The molecule has 0 amide bonds. The zero-order valence-corrected chi connectivity index (χ0v) is 15.4. The Bertz CT molecular complexity index is 1040. The van der Waals surface area contributed by atoms with Gasteiger partial charge < -0.3 is 4.98 Å². The third kappa shape index (κ3) is 3.85. The molecular weight excluding hydrogens is 332 g/mol. The molecule has 0 N–H and O–H groups in total. The molecule has 0 saturated carbocycles. The minimum Gasteiger partial charge on any atom is -0.435 e. The van der Waals surface area contributed by atoms with Crippen LogP contribution in [0.4, 0.5) is 5.82 Å². The van der Waals surface area contributed by atoms with E-state index in [9.17, 15) is 0 Å². The third-order valence-electron chi connectivity index (χ3n) is 4.23. The van der Waals surface area contributed by atoms with Crippen LogP contribution < -0.4 is 4.68 Å². The molecule has 0 fully saturated rings. The van der Waals surface area contributed by atoms with Gasteiger partial charge in [-0.05, 0) is 31.5 Å². The normalized spacial score (nSPS) is 10.6. The van der Waals surface area contributed by atoms with Gasteiger partial charge in [-0.15, -0.1) is 0 Å². The Morgan fingerprint density at radius 3 is 2.15 bits per heavy atom. The molecule has 0 atom stereocenters. The van der Waals surface area contributed by atoms with Crippen LogP contribution in [0.1, 0.15) is 11.1 Å². The predicted octanol–water partition coefficient (Wildman–Crippen LogP) is 5.18. The number of aromatic nitrogens is 3. The maximum Gasteiger partial charge on any atom is 0.182 e. The summed E-state index contributed by atoms with van der Waals surface area (Å²) in [5.74, 6) is 0.593. The minimum absolute atomic E-state index is 0.593. The first kappa shape index (κ1) is 16.9. The fraction of sp³-hybridized carbons (Fsp3) is 0.0870. The lowest BCUT2D eigenvalue weighted by Gasteiger charge is -2.16. The molecule has 2 aromatic heterocycles. The first-order valence-corrected chi connectivity index (χ1v) is 8.88. The molecule has 0 aliphatic carbocycles. The summed E-state index contributed by atoms with van der Waals surface area (Å²) in [6, 6.07) is 22.3. The molecule has 0 unspecified atom stereocenters. The molecule has 0 aliphatic rings. The van der Waals surface area contributed by atoms with Gasteiger partial charge in [-0.25, -0.2) is 4.98 Å². The maximum absolute atomic E-state index is 4.92. The second-order valence-corrected chi connectivity index (χ2v) is 6.53. The van der Waals surface area contributed by atoms with Gasteiger partial charge in [0.2, 0.25) is 0 Å². The van der Waals surface area contributed by atoms with Gasteiger partial charge in [-0.1, -0.05) is 59.8 Å². The van der Waals surface area contributed by atoms with Gasteiger partial charge in [0.25, 0.3) is 0 Å². The molecule has 4 heteroatoms. The lowest BCUT2D eigenvalue weighted by Crippen LogP contribution is -2.26. The van der Waals surface area contributed by atoms with Gasteiger partial charge in [0, 0.05) is 23.5 Å². The highest BCUT2D eigenvalue weighted by atomic mass is 15.4. The standard InChI is InChI=1S/C23H20N4/c1-17-13-18(2)15-20(14-17)22-23(26-27-11-7-4-8-12-27)24-16-21(25-22)19-9-5-3-6-10-19/h3-16H,1-2H3. The van der Waals surface area contributed by atoms with Crippen molar-refractivity contribution >= 4 is 5.82 Å². The van der Waals surface area contributed by atoms with E-state index < -0.39 is 0 Å². The van der Waals surface area contributed by atoms with Crippen LogP contribution in [0.2, 0.25) is 0 Å². The van der Waals surface area contributed by atoms with Crippen LogP contribution in [0.3, 0.4) is 0 Å². The van der Waals surface area contributed by atoms with Gasteiger partial charge in [0.1, 0.15) is 0 Å². The monoisotopic (exact) mass is 352 g/mol.